The first-order valence-electron chi connectivity index (χ1n) is 5.94. The van der Waals surface area contributed by atoms with E-state index in [0.29, 0.717) is 16.5 Å². The third kappa shape index (κ3) is 4.00. The number of anilines is 1. The lowest BCUT2D eigenvalue weighted by Gasteiger charge is -2.08. The number of carbonyl (C=O) groups is 2. The summed E-state index contributed by atoms with van der Waals surface area (Å²) in [5.41, 5.74) is 0.472. The van der Waals surface area contributed by atoms with Gasteiger partial charge in [-0.3, -0.25) is 4.79 Å². The quantitative estimate of drug-likeness (QED) is 0.859. The molecule has 0 bridgehead atoms. The van der Waals surface area contributed by atoms with E-state index < -0.39 is 18.5 Å². The average Bonchev–Trinajstić information content (AvgIpc) is 2.99. The van der Waals surface area contributed by atoms with Crippen LogP contribution in [0, 0.1) is 0 Å². The molecule has 0 aliphatic rings. The molecular weight excluding hydrogens is 298 g/mol. The monoisotopic (exact) mass is 309 g/mol. The zero-order chi connectivity index (χ0) is 15.2. The smallest absolute Gasteiger partial charge is 0.374 e. The number of benzene rings is 1. The van der Waals surface area contributed by atoms with Gasteiger partial charge in [0, 0.05) is 5.69 Å². The number of methoxy groups -OCH3 is 1. The number of ether oxygens (including phenoxy) is 2. The minimum atomic E-state index is -0.706. The number of carbonyl (C=O) groups excluding carboxylic acids is 2. The zero-order valence-corrected chi connectivity index (χ0v) is 11.8. The first-order chi connectivity index (χ1) is 10.1. The van der Waals surface area contributed by atoms with Crippen LogP contribution in [0.1, 0.15) is 10.6 Å². The van der Waals surface area contributed by atoms with Crippen molar-refractivity contribution in [1.82, 2.24) is 0 Å². The topological polar surface area (TPSA) is 77.8 Å². The average molecular weight is 310 g/mol. The van der Waals surface area contributed by atoms with E-state index in [1.807, 2.05) is 0 Å². The fourth-order valence-corrected chi connectivity index (χ4v) is 1.80. The number of halogens is 1. The van der Waals surface area contributed by atoms with Crippen molar-refractivity contribution >= 4 is 29.2 Å². The predicted octanol–water partition coefficient (Wildman–Crippen LogP) is 2.74. The van der Waals surface area contributed by atoms with Crippen LogP contribution in [0.4, 0.5) is 5.69 Å². The fourth-order valence-electron chi connectivity index (χ4n) is 1.54. The van der Waals surface area contributed by atoms with Gasteiger partial charge in [-0.05, 0) is 30.3 Å². The second-order valence-electron chi connectivity index (χ2n) is 3.95. The Morgan fingerprint density at radius 2 is 2.14 bits per heavy atom. The Bertz CT molecular complexity index is 639. The van der Waals surface area contributed by atoms with Crippen molar-refractivity contribution < 1.29 is 23.5 Å². The van der Waals surface area contributed by atoms with E-state index in [9.17, 15) is 9.59 Å². The molecule has 1 N–H and O–H groups in total. The van der Waals surface area contributed by atoms with Crippen LogP contribution < -0.4 is 10.1 Å². The van der Waals surface area contributed by atoms with Crippen LogP contribution in [0.25, 0.3) is 0 Å². The molecule has 0 aliphatic carbocycles. The molecule has 1 aromatic heterocycles. The summed E-state index contributed by atoms with van der Waals surface area (Å²) in [6.45, 7) is -0.427. The molecule has 0 saturated heterocycles. The van der Waals surface area contributed by atoms with Crippen molar-refractivity contribution in [3.05, 3.63) is 47.4 Å². The summed E-state index contributed by atoms with van der Waals surface area (Å²) in [6, 6.07) is 7.77. The molecule has 110 valence electrons. The maximum absolute atomic E-state index is 11.7. The molecule has 0 spiro atoms. The molecule has 0 unspecified atom stereocenters. The van der Waals surface area contributed by atoms with Crippen molar-refractivity contribution in [2.75, 3.05) is 19.0 Å². The lowest BCUT2D eigenvalue weighted by Crippen LogP contribution is -2.20. The number of furan rings is 1. The van der Waals surface area contributed by atoms with E-state index in [2.05, 4.69) is 5.32 Å². The minimum Gasteiger partial charge on any atom is -0.495 e. The molecule has 7 heteroatoms. The number of amides is 1. The molecule has 2 rings (SSSR count). The highest BCUT2D eigenvalue weighted by atomic mass is 35.5. The Morgan fingerprint density at radius 1 is 1.33 bits per heavy atom. The van der Waals surface area contributed by atoms with Crippen molar-refractivity contribution in [2.24, 2.45) is 0 Å². The van der Waals surface area contributed by atoms with Gasteiger partial charge in [0.2, 0.25) is 5.76 Å². The maximum Gasteiger partial charge on any atom is 0.374 e. The molecule has 0 fully saturated rings. The molecular formula is C14H12ClNO5. The van der Waals surface area contributed by atoms with E-state index in [1.54, 1.807) is 18.2 Å². The van der Waals surface area contributed by atoms with Gasteiger partial charge in [-0.1, -0.05) is 11.6 Å². The van der Waals surface area contributed by atoms with Gasteiger partial charge in [0.25, 0.3) is 5.91 Å². The molecule has 2 aromatic rings. The predicted molar refractivity (Wildman–Crippen MR) is 75.6 cm³/mol. The molecule has 1 aromatic carbocycles. The first-order valence-corrected chi connectivity index (χ1v) is 6.32. The highest BCUT2D eigenvalue weighted by Gasteiger charge is 2.13. The lowest BCUT2D eigenvalue weighted by atomic mass is 10.3. The molecule has 0 saturated carbocycles. The van der Waals surface area contributed by atoms with Crippen LogP contribution in [0.5, 0.6) is 5.75 Å². The molecule has 21 heavy (non-hydrogen) atoms. The summed E-state index contributed by atoms with van der Waals surface area (Å²) in [6.07, 6.45) is 1.34. The Kier molecular flexibility index (Phi) is 4.84. The van der Waals surface area contributed by atoms with Gasteiger partial charge in [0.05, 0.1) is 18.4 Å². The van der Waals surface area contributed by atoms with Crippen molar-refractivity contribution in [1.29, 1.82) is 0 Å². The van der Waals surface area contributed by atoms with Gasteiger partial charge in [0.15, 0.2) is 6.61 Å². The molecule has 1 amide bonds. The third-order valence-electron chi connectivity index (χ3n) is 2.49. The van der Waals surface area contributed by atoms with Crippen LogP contribution in [0.15, 0.2) is 41.0 Å². The summed E-state index contributed by atoms with van der Waals surface area (Å²) in [7, 11) is 1.49. The molecule has 0 aliphatic heterocycles. The van der Waals surface area contributed by atoms with Crippen molar-refractivity contribution in [3.8, 4) is 5.75 Å². The number of nitrogens with one attached hydrogen (secondary N) is 1. The largest absolute Gasteiger partial charge is 0.495 e. The van der Waals surface area contributed by atoms with E-state index in [4.69, 9.17) is 25.5 Å². The normalized spacial score (nSPS) is 10.0. The SMILES string of the molecule is COc1ccc(NC(=O)COC(=O)c2ccco2)cc1Cl. The Hall–Kier alpha value is -2.47. The fraction of sp³-hybridized carbons (Fsp3) is 0.143. The van der Waals surface area contributed by atoms with Crippen molar-refractivity contribution in [2.45, 2.75) is 0 Å². The van der Waals surface area contributed by atoms with Crippen LogP contribution in [0.2, 0.25) is 5.02 Å². The highest BCUT2D eigenvalue weighted by molar-refractivity contribution is 6.32. The van der Waals surface area contributed by atoms with Crippen LogP contribution >= 0.6 is 11.6 Å². The summed E-state index contributed by atoms with van der Waals surface area (Å²) >= 11 is 5.93. The molecule has 0 atom stereocenters. The van der Waals surface area contributed by atoms with Crippen molar-refractivity contribution in [3.63, 3.8) is 0 Å². The molecule has 0 radical (unpaired) electrons. The van der Waals surface area contributed by atoms with E-state index in [1.165, 1.54) is 25.5 Å². The van der Waals surface area contributed by atoms with E-state index in [0.717, 1.165) is 0 Å². The number of rotatable bonds is 5. The van der Waals surface area contributed by atoms with Crippen LogP contribution in [-0.2, 0) is 9.53 Å². The summed E-state index contributed by atoms with van der Waals surface area (Å²) in [5, 5.41) is 2.91. The minimum absolute atomic E-state index is 0.0373. The maximum atomic E-state index is 11.7. The lowest BCUT2D eigenvalue weighted by molar-refractivity contribution is -0.119. The van der Waals surface area contributed by atoms with E-state index >= 15 is 0 Å². The van der Waals surface area contributed by atoms with Gasteiger partial charge in [0.1, 0.15) is 5.75 Å². The zero-order valence-electron chi connectivity index (χ0n) is 11.1. The summed E-state index contributed by atoms with van der Waals surface area (Å²) in [5.74, 6) is -0.659. The Labute approximate surface area is 125 Å². The summed E-state index contributed by atoms with van der Waals surface area (Å²) < 4.78 is 14.6. The molecule has 6 nitrogen and oxygen atoms in total. The highest BCUT2D eigenvalue weighted by Crippen LogP contribution is 2.27. The van der Waals surface area contributed by atoms with Gasteiger partial charge >= 0.3 is 5.97 Å². The Morgan fingerprint density at radius 3 is 2.76 bits per heavy atom. The molecule has 1 heterocycles. The number of hydrogen-bond donors (Lipinski definition) is 1. The van der Waals surface area contributed by atoms with Crippen LogP contribution in [-0.4, -0.2) is 25.6 Å². The standard InChI is InChI=1S/C14H12ClNO5/c1-19-11-5-4-9(7-10(11)15)16-13(17)8-21-14(18)12-3-2-6-20-12/h2-7H,8H2,1H3,(H,16,17). The second kappa shape index (κ2) is 6.81. The van der Waals surface area contributed by atoms with Gasteiger partial charge in [-0.25, -0.2) is 4.79 Å². The van der Waals surface area contributed by atoms with Gasteiger partial charge in [-0.15, -0.1) is 0 Å². The summed E-state index contributed by atoms with van der Waals surface area (Å²) in [4.78, 5) is 23.1. The van der Waals surface area contributed by atoms with Gasteiger partial charge < -0.3 is 19.2 Å². The third-order valence-corrected chi connectivity index (χ3v) is 2.79. The Balaban J connectivity index is 1.87. The van der Waals surface area contributed by atoms with E-state index in [-0.39, 0.29) is 5.76 Å². The first kappa shape index (κ1) is 14.9. The van der Waals surface area contributed by atoms with Crippen LogP contribution in [0.3, 0.4) is 0 Å². The number of hydrogen-bond acceptors (Lipinski definition) is 5. The second-order valence-corrected chi connectivity index (χ2v) is 4.36. The number of esters is 1. The van der Waals surface area contributed by atoms with Gasteiger partial charge in [-0.2, -0.15) is 0 Å².